The highest BCUT2D eigenvalue weighted by Gasteiger charge is 2.13. The molecule has 1 amide bonds. The predicted molar refractivity (Wildman–Crippen MR) is 92.8 cm³/mol. The fourth-order valence-corrected chi connectivity index (χ4v) is 2.87. The van der Waals surface area contributed by atoms with E-state index in [4.69, 9.17) is 14.2 Å². The van der Waals surface area contributed by atoms with E-state index in [-0.39, 0.29) is 13.4 Å². The molecule has 6 nitrogen and oxygen atoms in total. The molecule has 0 unspecified atom stereocenters. The summed E-state index contributed by atoms with van der Waals surface area (Å²) in [6, 6.07) is 13.6. The highest BCUT2D eigenvalue weighted by Crippen LogP contribution is 2.32. The van der Waals surface area contributed by atoms with Crippen molar-refractivity contribution in [3.8, 4) is 11.5 Å². The molecule has 0 atom stereocenters. The molecular formula is C19H18N2O4. The van der Waals surface area contributed by atoms with Crippen molar-refractivity contribution in [2.75, 3.05) is 13.3 Å². The summed E-state index contributed by atoms with van der Waals surface area (Å²) in [6.45, 7) is 0.936. The van der Waals surface area contributed by atoms with Crippen LogP contribution in [0.4, 0.5) is 4.79 Å². The fraction of sp³-hybridized carbons (Fsp3) is 0.211. The second-order valence-corrected chi connectivity index (χ2v) is 5.80. The number of amides is 1. The van der Waals surface area contributed by atoms with E-state index in [2.05, 4.69) is 16.4 Å². The van der Waals surface area contributed by atoms with Gasteiger partial charge in [-0.05, 0) is 35.7 Å². The topological polar surface area (TPSA) is 72.6 Å². The van der Waals surface area contributed by atoms with Crippen molar-refractivity contribution in [3.63, 3.8) is 0 Å². The smallest absolute Gasteiger partial charge is 0.407 e. The number of ether oxygens (including phenoxy) is 3. The molecule has 0 aliphatic carbocycles. The van der Waals surface area contributed by atoms with Crippen molar-refractivity contribution in [2.45, 2.75) is 13.0 Å². The maximum atomic E-state index is 11.8. The predicted octanol–water partition coefficient (Wildman–Crippen LogP) is 3.37. The number of nitrogens with one attached hydrogen (secondary N) is 2. The number of rotatable bonds is 5. The Labute approximate surface area is 144 Å². The summed E-state index contributed by atoms with van der Waals surface area (Å²) in [5.74, 6) is 1.40. The van der Waals surface area contributed by atoms with Crippen LogP contribution in [0.15, 0.2) is 48.7 Å². The molecule has 128 valence electrons. The van der Waals surface area contributed by atoms with Crippen LogP contribution in [0.5, 0.6) is 11.5 Å². The zero-order valence-corrected chi connectivity index (χ0v) is 13.6. The van der Waals surface area contributed by atoms with Crippen LogP contribution in [0, 0.1) is 0 Å². The third kappa shape index (κ3) is 3.38. The summed E-state index contributed by atoms with van der Waals surface area (Å²) in [4.78, 5) is 15.1. The Morgan fingerprint density at radius 2 is 2.04 bits per heavy atom. The first kappa shape index (κ1) is 15.4. The number of hydrogen-bond acceptors (Lipinski definition) is 4. The SMILES string of the molecule is O=C(NCCc1c[nH]c2ccccc12)OCc1ccc2c(c1)OCO2. The van der Waals surface area contributed by atoms with Gasteiger partial charge in [-0.25, -0.2) is 4.79 Å². The number of benzene rings is 2. The van der Waals surface area contributed by atoms with Gasteiger partial charge in [0.05, 0.1) is 0 Å². The molecule has 1 aliphatic rings. The van der Waals surface area contributed by atoms with Crippen molar-refractivity contribution >= 4 is 17.0 Å². The molecule has 2 heterocycles. The molecule has 0 saturated heterocycles. The Balaban J connectivity index is 1.25. The molecular weight excluding hydrogens is 320 g/mol. The average molecular weight is 338 g/mol. The maximum absolute atomic E-state index is 11.8. The molecule has 2 N–H and O–H groups in total. The normalized spacial score (nSPS) is 12.3. The number of fused-ring (bicyclic) bond motifs is 2. The Hall–Kier alpha value is -3.15. The molecule has 6 heteroatoms. The van der Waals surface area contributed by atoms with Crippen LogP contribution in [0.1, 0.15) is 11.1 Å². The molecule has 0 radical (unpaired) electrons. The number of alkyl carbamates (subject to hydrolysis) is 1. The number of hydrogen-bond donors (Lipinski definition) is 2. The minimum absolute atomic E-state index is 0.190. The molecule has 2 aromatic carbocycles. The number of aromatic nitrogens is 1. The van der Waals surface area contributed by atoms with Gasteiger partial charge in [0.15, 0.2) is 11.5 Å². The van der Waals surface area contributed by atoms with E-state index >= 15 is 0 Å². The van der Waals surface area contributed by atoms with E-state index in [0.29, 0.717) is 18.0 Å². The van der Waals surface area contributed by atoms with Crippen LogP contribution in [0.3, 0.4) is 0 Å². The van der Waals surface area contributed by atoms with Crippen molar-refractivity contribution < 1.29 is 19.0 Å². The van der Waals surface area contributed by atoms with Crippen LogP contribution in [0.25, 0.3) is 10.9 Å². The summed E-state index contributed by atoms with van der Waals surface area (Å²) in [5.41, 5.74) is 3.13. The van der Waals surface area contributed by atoms with Gasteiger partial charge in [-0.2, -0.15) is 0 Å². The lowest BCUT2D eigenvalue weighted by Crippen LogP contribution is -2.26. The molecule has 1 aliphatic heterocycles. The molecule has 1 aromatic heterocycles. The summed E-state index contributed by atoms with van der Waals surface area (Å²) >= 11 is 0. The van der Waals surface area contributed by atoms with Crippen LogP contribution < -0.4 is 14.8 Å². The van der Waals surface area contributed by atoms with E-state index in [0.717, 1.165) is 17.5 Å². The zero-order valence-electron chi connectivity index (χ0n) is 13.6. The van der Waals surface area contributed by atoms with Crippen molar-refractivity contribution in [2.24, 2.45) is 0 Å². The minimum atomic E-state index is -0.433. The second kappa shape index (κ2) is 6.76. The van der Waals surface area contributed by atoms with Crippen molar-refractivity contribution in [1.29, 1.82) is 0 Å². The van der Waals surface area contributed by atoms with E-state index in [9.17, 15) is 4.79 Å². The van der Waals surface area contributed by atoms with E-state index < -0.39 is 6.09 Å². The van der Waals surface area contributed by atoms with E-state index in [1.54, 1.807) is 0 Å². The largest absolute Gasteiger partial charge is 0.454 e. The summed E-state index contributed by atoms with van der Waals surface area (Å²) in [7, 11) is 0. The molecule has 0 spiro atoms. The van der Waals surface area contributed by atoms with Crippen LogP contribution in [-0.2, 0) is 17.8 Å². The van der Waals surface area contributed by atoms with Gasteiger partial charge in [-0.1, -0.05) is 24.3 Å². The van der Waals surface area contributed by atoms with Gasteiger partial charge in [0.25, 0.3) is 0 Å². The summed E-state index contributed by atoms with van der Waals surface area (Å²) in [6.07, 6.45) is 2.28. The Bertz CT molecular complexity index is 903. The first-order valence-corrected chi connectivity index (χ1v) is 8.14. The van der Waals surface area contributed by atoms with Crippen LogP contribution in [0.2, 0.25) is 0 Å². The first-order valence-electron chi connectivity index (χ1n) is 8.14. The fourth-order valence-electron chi connectivity index (χ4n) is 2.87. The number of H-pyrrole nitrogens is 1. The standard InChI is InChI=1S/C19H18N2O4/c22-19(23-11-13-5-6-17-18(9-13)25-12-24-17)20-8-7-14-10-21-16-4-2-1-3-15(14)16/h1-6,9-10,21H,7-8,11-12H2,(H,20,22). The van der Waals surface area contributed by atoms with Gasteiger partial charge in [0.1, 0.15) is 6.61 Å². The Kier molecular flexibility index (Phi) is 4.16. The highest BCUT2D eigenvalue weighted by atomic mass is 16.7. The van der Waals surface area contributed by atoms with Crippen LogP contribution in [-0.4, -0.2) is 24.4 Å². The third-order valence-electron chi connectivity index (χ3n) is 4.15. The molecule has 25 heavy (non-hydrogen) atoms. The lowest BCUT2D eigenvalue weighted by atomic mass is 10.1. The van der Waals surface area contributed by atoms with Gasteiger partial charge in [0, 0.05) is 23.6 Å². The van der Waals surface area contributed by atoms with Gasteiger partial charge in [-0.3, -0.25) is 0 Å². The Morgan fingerprint density at radius 1 is 1.16 bits per heavy atom. The number of para-hydroxylation sites is 1. The summed E-state index contributed by atoms with van der Waals surface area (Å²) < 4.78 is 15.8. The molecule has 4 rings (SSSR count). The molecule has 0 bridgehead atoms. The summed E-state index contributed by atoms with van der Waals surface area (Å²) in [5, 5.41) is 3.96. The zero-order chi connectivity index (χ0) is 17.1. The molecule has 3 aromatic rings. The van der Waals surface area contributed by atoms with Crippen molar-refractivity contribution in [1.82, 2.24) is 10.3 Å². The van der Waals surface area contributed by atoms with Gasteiger partial charge < -0.3 is 24.5 Å². The average Bonchev–Trinajstić information content (AvgIpc) is 3.26. The number of aromatic amines is 1. The van der Waals surface area contributed by atoms with Gasteiger partial charge >= 0.3 is 6.09 Å². The van der Waals surface area contributed by atoms with Crippen molar-refractivity contribution in [3.05, 3.63) is 59.8 Å². The Morgan fingerprint density at radius 3 is 3.00 bits per heavy atom. The first-order chi connectivity index (χ1) is 12.3. The maximum Gasteiger partial charge on any atom is 0.407 e. The minimum Gasteiger partial charge on any atom is -0.454 e. The van der Waals surface area contributed by atoms with Gasteiger partial charge in [-0.15, -0.1) is 0 Å². The second-order valence-electron chi connectivity index (χ2n) is 5.80. The monoisotopic (exact) mass is 338 g/mol. The highest BCUT2D eigenvalue weighted by molar-refractivity contribution is 5.83. The van der Waals surface area contributed by atoms with Gasteiger partial charge in [0.2, 0.25) is 6.79 Å². The third-order valence-corrected chi connectivity index (χ3v) is 4.15. The van der Waals surface area contributed by atoms with Crippen LogP contribution >= 0.6 is 0 Å². The number of carbonyl (C=O) groups is 1. The van der Waals surface area contributed by atoms with E-state index in [1.807, 2.05) is 42.6 Å². The lowest BCUT2D eigenvalue weighted by Gasteiger charge is -2.07. The molecule has 0 fully saturated rings. The number of carbonyl (C=O) groups excluding carboxylic acids is 1. The quantitative estimate of drug-likeness (QED) is 0.748. The molecule has 0 saturated carbocycles. The van der Waals surface area contributed by atoms with E-state index in [1.165, 1.54) is 10.9 Å². The lowest BCUT2D eigenvalue weighted by molar-refractivity contribution is 0.139.